The molecule has 2 nitrogen and oxygen atoms in total. The van der Waals surface area contributed by atoms with Crippen molar-refractivity contribution in [3.05, 3.63) is 58.6 Å². The molecular formula is C17H16ClNO. The first-order valence-electron chi connectivity index (χ1n) is 6.62. The molecule has 0 fully saturated rings. The first kappa shape index (κ1) is 14.4. The van der Waals surface area contributed by atoms with Crippen LogP contribution in [-0.4, -0.2) is 0 Å². The molecule has 102 valence electrons. The maximum absolute atomic E-state index is 9.19. The van der Waals surface area contributed by atoms with Gasteiger partial charge in [0.2, 0.25) is 0 Å². The molecule has 0 amide bonds. The van der Waals surface area contributed by atoms with E-state index in [-0.39, 0.29) is 0 Å². The van der Waals surface area contributed by atoms with E-state index in [9.17, 15) is 5.26 Å². The van der Waals surface area contributed by atoms with Gasteiger partial charge in [-0.15, -0.1) is 0 Å². The van der Waals surface area contributed by atoms with E-state index in [1.807, 2.05) is 18.2 Å². The highest BCUT2D eigenvalue weighted by atomic mass is 35.5. The first-order valence-corrected chi connectivity index (χ1v) is 7.00. The van der Waals surface area contributed by atoms with Crippen molar-refractivity contribution in [1.29, 1.82) is 5.26 Å². The van der Waals surface area contributed by atoms with Gasteiger partial charge in [0.15, 0.2) is 0 Å². The monoisotopic (exact) mass is 285 g/mol. The molecule has 0 aliphatic carbocycles. The lowest BCUT2D eigenvalue weighted by molar-refractivity contribution is 0.469. The van der Waals surface area contributed by atoms with E-state index < -0.39 is 0 Å². The Morgan fingerprint density at radius 1 is 1.15 bits per heavy atom. The van der Waals surface area contributed by atoms with E-state index in [4.69, 9.17) is 16.3 Å². The standard InChI is InChI=1S/C17H16ClNO/c1-3-12(2)13-7-4-5-9-16(13)20-17-10-6-8-15(18)14(17)11-19/h4-10,12H,3H2,1-2H3. The van der Waals surface area contributed by atoms with Crippen molar-refractivity contribution in [2.24, 2.45) is 0 Å². The van der Waals surface area contributed by atoms with Crippen molar-refractivity contribution in [3.8, 4) is 17.6 Å². The van der Waals surface area contributed by atoms with Crippen LogP contribution in [0.25, 0.3) is 0 Å². The molecule has 1 unspecified atom stereocenters. The number of hydrogen-bond donors (Lipinski definition) is 0. The molecule has 0 aliphatic rings. The van der Waals surface area contributed by atoms with Crippen molar-refractivity contribution in [1.82, 2.24) is 0 Å². The third kappa shape index (κ3) is 2.95. The smallest absolute Gasteiger partial charge is 0.146 e. The highest BCUT2D eigenvalue weighted by Gasteiger charge is 2.13. The molecule has 0 saturated heterocycles. The Kier molecular flexibility index (Phi) is 4.65. The van der Waals surface area contributed by atoms with Gasteiger partial charge < -0.3 is 4.74 Å². The van der Waals surface area contributed by atoms with Gasteiger partial charge in [-0.2, -0.15) is 5.26 Å². The molecule has 2 aromatic carbocycles. The van der Waals surface area contributed by atoms with Gasteiger partial charge in [0.1, 0.15) is 23.1 Å². The van der Waals surface area contributed by atoms with Gasteiger partial charge >= 0.3 is 0 Å². The Hall–Kier alpha value is -1.98. The number of nitrogens with zero attached hydrogens (tertiary/aromatic N) is 1. The van der Waals surface area contributed by atoms with Crippen molar-refractivity contribution in [3.63, 3.8) is 0 Å². The maximum Gasteiger partial charge on any atom is 0.146 e. The van der Waals surface area contributed by atoms with E-state index in [1.54, 1.807) is 18.2 Å². The molecule has 0 radical (unpaired) electrons. The molecule has 2 aromatic rings. The Morgan fingerprint density at radius 3 is 2.55 bits per heavy atom. The summed E-state index contributed by atoms with van der Waals surface area (Å²) in [6.45, 7) is 4.30. The van der Waals surface area contributed by atoms with Crippen LogP contribution in [0.15, 0.2) is 42.5 Å². The number of halogens is 1. The summed E-state index contributed by atoms with van der Waals surface area (Å²) in [6, 6.07) is 15.2. The molecule has 0 saturated carbocycles. The molecular weight excluding hydrogens is 270 g/mol. The fourth-order valence-electron chi connectivity index (χ4n) is 2.02. The van der Waals surface area contributed by atoms with Crippen LogP contribution in [0.4, 0.5) is 0 Å². The minimum Gasteiger partial charge on any atom is -0.456 e. The fraction of sp³-hybridized carbons (Fsp3) is 0.235. The number of benzene rings is 2. The van der Waals surface area contributed by atoms with Crippen molar-refractivity contribution in [2.75, 3.05) is 0 Å². The third-order valence-electron chi connectivity index (χ3n) is 3.37. The summed E-state index contributed by atoms with van der Waals surface area (Å²) in [6.07, 6.45) is 1.03. The lowest BCUT2D eigenvalue weighted by Gasteiger charge is -2.16. The van der Waals surface area contributed by atoms with E-state index >= 15 is 0 Å². The SMILES string of the molecule is CCC(C)c1ccccc1Oc1cccc(Cl)c1C#N. The van der Waals surface area contributed by atoms with Gasteiger partial charge in [-0.25, -0.2) is 0 Å². The van der Waals surface area contributed by atoms with E-state index in [0.29, 0.717) is 22.3 Å². The quantitative estimate of drug-likeness (QED) is 0.741. The Bertz CT molecular complexity index is 646. The van der Waals surface area contributed by atoms with Crippen LogP contribution < -0.4 is 4.74 Å². The normalized spacial score (nSPS) is 11.7. The number of para-hydroxylation sites is 1. The molecule has 0 aromatic heterocycles. The Balaban J connectivity index is 2.41. The largest absolute Gasteiger partial charge is 0.456 e. The zero-order valence-corrected chi connectivity index (χ0v) is 12.3. The zero-order valence-electron chi connectivity index (χ0n) is 11.6. The average Bonchev–Trinajstić information content (AvgIpc) is 2.47. The van der Waals surface area contributed by atoms with Crippen LogP contribution in [0.5, 0.6) is 11.5 Å². The minimum absolute atomic E-state index is 0.369. The summed E-state index contributed by atoms with van der Waals surface area (Å²) >= 11 is 6.02. The summed E-state index contributed by atoms with van der Waals surface area (Å²) in [5.74, 6) is 1.67. The predicted octanol–water partition coefficient (Wildman–Crippen LogP) is 5.52. The average molecular weight is 286 g/mol. The molecule has 0 heterocycles. The molecule has 0 bridgehead atoms. The van der Waals surface area contributed by atoms with E-state index in [2.05, 4.69) is 26.0 Å². The molecule has 0 N–H and O–H groups in total. The molecule has 0 spiro atoms. The molecule has 1 atom stereocenters. The second-order valence-corrected chi connectivity index (χ2v) is 5.08. The van der Waals surface area contributed by atoms with Crippen LogP contribution in [-0.2, 0) is 0 Å². The topological polar surface area (TPSA) is 33.0 Å². The van der Waals surface area contributed by atoms with Crippen LogP contribution in [0.2, 0.25) is 5.02 Å². The van der Waals surface area contributed by atoms with Gasteiger partial charge in [-0.3, -0.25) is 0 Å². The number of hydrogen-bond acceptors (Lipinski definition) is 2. The maximum atomic E-state index is 9.19. The minimum atomic E-state index is 0.369. The Morgan fingerprint density at radius 2 is 1.85 bits per heavy atom. The lowest BCUT2D eigenvalue weighted by atomic mass is 9.98. The highest BCUT2D eigenvalue weighted by Crippen LogP contribution is 2.34. The van der Waals surface area contributed by atoms with Gasteiger partial charge in [-0.05, 0) is 36.1 Å². The molecule has 0 aliphatic heterocycles. The molecule has 3 heteroatoms. The summed E-state index contributed by atoms with van der Waals surface area (Å²) in [4.78, 5) is 0. The van der Waals surface area contributed by atoms with E-state index in [1.165, 1.54) is 0 Å². The summed E-state index contributed by atoms with van der Waals surface area (Å²) in [5.41, 5.74) is 1.51. The summed E-state index contributed by atoms with van der Waals surface area (Å²) < 4.78 is 5.93. The van der Waals surface area contributed by atoms with Gasteiger partial charge in [0.25, 0.3) is 0 Å². The zero-order chi connectivity index (χ0) is 14.5. The number of rotatable bonds is 4. The Labute approximate surface area is 124 Å². The van der Waals surface area contributed by atoms with Gasteiger partial charge in [0.05, 0.1) is 5.02 Å². The predicted molar refractivity (Wildman–Crippen MR) is 81.4 cm³/mol. The van der Waals surface area contributed by atoms with Gasteiger partial charge in [-0.1, -0.05) is 49.7 Å². The van der Waals surface area contributed by atoms with Crippen LogP contribution in [0.1, 0.15) is 37.3 Å². The summed E-state index contributed by atoms with van der Waals surface area (Å²) in [7, 11) is 0. The van der Waals surface area contributed by atoms with Crippen LogP contribution >= 0.6 is 11.6 Å². The third-order valence-corrected chi connectivity index (χ3v) is 3.68. The highest BCUT2D eigenvalue weighted by molar-refractivity contribution is 6.31. The first-order chi connectivity index (χ1) is 9.67. The van der Waals surface area contributed by atoms with Crippen LogP contribution in [0.3, 0.4) is 0 Å². The van der Waals surface area contributed by atoms with E-state index in [0.717, 1.165) is 17.7 Å². The summed E-state index contributed by atoms with van der Waals surface area (Å²) in [5, 5.41) is 9.60. The van der Waals surface area contributed by atoms with Crippen LogP contribution in [0, 0.1) is 11.3 Å². The van der Waals surface area contributed by atoms with Crippen molar-refractivity contribution < 1.29 is 4.74 Å². The number of ether oxygens (including phenoxy) is 1. The lowest BCUT2D eigenvalue weighted by Crippen LogP contribution is -1.97. The van der Waals surface area contributed by atoms with Gasteiger partial charge in [0, 0.05) is 0 Å². The number of nitriles is 1. The second kappa shape index (κ2) is 6.45. The fourth-order valence-corrected chi connectivity index (χ4v) is 2.23. The second-order valence-electron chi connectivity index (χ2n) is 4.67. The van der Waals surface area contributed by atoms with Crippen molar-refractivity contribution >= 4 is 11.6 Å². The van der Waals surface area contributed by atoms with Crippen molar-refractivity contribution in [2.45, 2.75) is 26.2 Å². The molecule has 20 heavy (non-hydrogen) atoms. The molecule has 2 rings (SSSR count).